The predicted octanol–water partition coefficient (Wildman–Crippen LogP) is 19.7. The van der Waals surface area contributed by atoms with Crippen molar-refractivity contribution in [1.29, 1.82) is 0 Å². The van der Waals surface area contributed by atoms with Crippen LogP contribution in [0.25, 0.3) is 0 Å². The molecule has 91 heavy (non-hydrogen) atoms. The molecular weight excluding hydrogens is 1100 g/mol. The number of nitrogens with zero attached hydrogens (tertiary/aromatic N) is 6. The summed E-state index contributed by atoms with van der Waals surface area (Å²) in [6.45, 7) is 36.1. The van der Waals surface area contributed by atoms with Crippen molar-refractivity contribution >= 4 is 0 Å². The first-order valence-electron chi connectivity index (χ1n) is 35.2. The van der Waals surface area contributed by atoms with Gasteiger partial charge in [-0.25, -0.2) is 0 Å². The third kappa shape index (κ3) is 28.3. The van der Waals surface area contributed by atoms with Gasteiger partial charge >= 0.3 is 0 Å². The summed E-state index contributed by atoms with van der Waals surface area (Å²) in [5.74, 6) is 0. The number of benzene rings is 6. The summed E-state index contributed by atoms with van der Waals surface area (Å²) in [6.07, 6.45) is 15.4. The molecule has 6 aromatic rings. The normalized spacial score (nSPS) is 13.4. The summed E-state index contributed by atoms with van der Waals surface area (Å²) in [4.78, 5) is 13.7. The summed E-state index contributed by atoms with van der Waals surface area (Å²) in [6, 6.07) is 59.7. The summed E-state index contributed by atoms with van der Waals surface area (Å²) in [7, 11) is 25.9. The van der Waals surface area contributed by atoms with Crippen LogP contribution in [0.5, 0.6) is 0 Å². The van der Waals surface area contributed by atoms with Gasteiger partial charge in [0.05, 0.1) is 0 Å². The summed E-state index contributed by atoms with van der Waals surface area (Å²) in [5.41, 5.74) is 14.8. The van der Waals surface area contributed by atoms with E-state index in [-0.39, 0.29) is 10.8 Å². The van der Waals surface area contributed by atoms with Crippen molar-refractivity contribution < 1.29 is 0 Å². The molecule has 6 nitrogen and oxygen atoms in total. The molecule has 0 amide bonds. The van der Waals surface area contributed by atoms with E-state index in [0.717, 1.165) is 32.7 Å². The Balaban J connectivity index is 0.000000373. The Morgan fingerprint density at radius 3 is 0.868 bits per heavy atom. The second kappa shape index (κ2) is 41.0. The molecule has 7 rings (SSSR count). The van der Waals surface area contributed by atoms with Crippen molar-refractivity contribution in [2.24, 2.45) is 0 Å². The van der Waals surface area contributed by atoms with E-state index < -0.39 is 0 Å². The van der Waals surface area contributed by atoms with Gasteiger partial charge < -0.3 is 29.4 Å². The number of aryl methyl sites for hydroxylation is 3. The van der Waals surface area contributed by atoms with E-state index in [4.69, 9.17) is 0 Å². The van der Waals surface area contributed by atoms with E-state index in [9.17, 15) is 0 Å². The molecule has 0 unspecified atom stereocenters. The molecule has 0 radical (unpaired) electrons. The highest BCUT2D eigenvalue weighted by atomic mass is 15.1. The Kier molecular flexibility index (Phi) is 37.0. The fraction of sp³-hybridized carbons (Fsp3) is 0.576. The van der Waals surface area contributed by atoms with Crippen LogP contribution in [-0.4, -0.2) is 153 Å². The molecule has 6 aromatic carbocycles. The zero-order valence-electron chi connectivity index (χ0n) is 63.5. The van der Waals surface area contributed by atoms with E-state index in [0.29, 0.717) is 21.7 Å². The Hall–Kier alpha value is -4.92. The van der Waals surface area contributed by atoms with Gasteiger partial charge in [0.1, 0.15) is 0 Å². The van der Waals surface area contributed by atoms with Crippen LogP contribution >= 0.6 is 0 Å². The average Bonchev–Trinajstić information content (AvgIpc) is 1.88. The Morgan fingerprint density at radius 2 is 0.571 bits per heavy atom. The zero-order chi connectivity index (χ0) is 68.5. The van der Waals surface area contributed by atoms with Gasteiger partial charge in [-0.3, -0.25) is 0 Å². The first-order valence-corrected chi connectivity index (χ1v) is 35.2. The smallest absolute Gasteiger partial charge is 0.00800 e. The molecule has 0 saturated heterocycles. The highest BCUT2D eigenvalue weighted by Gasteiger charge is 2.36. The molecule has 1 saturated carbocycles. The Bertz CT molecular complexity index is 2680. The summed E-state index contributed by atoms with van der Waals surface area (Å²) < 4.78 is 0. The second-order valence-corrected chi connectivity index (χ2v) is 30.1. The molecule has 0 N–H and O–H groups in total. The first-order chi connectivity index (χ1) is 42.9. The second-order valence-electron chi connectivity index (χ2n) is 30.1. The van der Waals surface area contributed by atoms with Gasteiger partial charge in [-0.1, -0.05) is 275 Å². The largest absolute Gasteiger partial charge is 0.309 e. The maximum atomic E-state index is 2.34. The topological polar surface area (TPSA) is 19.4 Å². The maximum Gasteiger partial charge on any atom is 0.00800 e. The van der Waals surface area contributed by atoms with Crippen molar-refractivity contribution in [3.05, 3.63) is 214 Å². The number of rotatable bonds is 26. The van der Waals surface area contributed by atoms with Crippen molar-refractivity contribution in [1.82, 2.24) is 29.4 Å². The Morgan fingerprint density at radius 1 is 0.308 bits per heavy atom. The highest BCUT2D eigenvalue weighted by Crippen LogP contribution is 2.42. The molecule has 0 aromatic heterocycles. The van der Waals surface area contributed by atoms with Gasteiger partial charge in [0.25, 0.3) is 0 Å². The minimum atomic E-state index is 0.233. The van der Waals surface area contributed by atoms with Crippen molar-refractivity contribution in [3.8, 4) is 0 Å². The van der Waals surface area contributed by atoms with Crippen LogP contribution in [0.1, 0.15) is 196 Å². The lowest BCUT2D eigenvalue weighted by molar-refractivity contribution is 0.247. The quantitative estimate of drug-likeness (QED) is 0.0535. The molecule has 6 heteroatoms. The van der Waals surface area contributed by atoms with E-state index in [1.807, 2.05) is 0 Å². The molecule has 1 fully saturated rings. The van der Waals surface area contributed by atoms with Crippen LogP contribution in [0.15, 0.2) is 164 Å². The van der Waals surface area contributed by atoms with Crippen LogP contribution < -0.4 is 0 Å². The van der Waals surface area contributed by atoms with Gasteiger partial charge in [-0.05, 0) is 190 Å². The van der Waals surface area contributed by atoms with E-state index in [2.05, 4.69) is 368 Å². The van der Waals surface area contributed by atoms with Crippen molar-refractivity contribution in [2.45, 2.75) is 200 Å². The van der Waals surface area contributed by atoms with Crippen LogP contribution in [-0.2, 0) is 32.5 Å². The SMILES string of the molecule is CCC(CC)(CN(C)C)c1ccc(C)cc1.CCC(CC)(CN(C)C)c1ccccc1.CCCC(CCC)(CN(C)C)c1ccccc1.CN(C)CC(C)(C)c1ccccc1.Cc1ccc(C(C)(C)CN(C)C)cc1.Cc1ccc(C2(CN(C)C)CCCC2)cc1. The molecule has 0 aliphatic heterocycles. The monoisotopic (exact) mass is 1240 g/mol. The fourth-order valence-electron chi connectivity index (χ4n) is 14.6. The Labute approximate surface area is 563 Å². The fourth-order valence-corrected chi connectivity index (χ4v) is 14.6. The highest BCUT2D eigenvalue weighted by molar-refractivity contribution is 5.33. The first kappa shape index (κ1) is 82.2. The zero-order valence-corrected chi connectivity index (χ0v) is 63.5. The van der Waals surface area contributed by atoms with E-state index >= 15 is 0 Å². The molecule has 0 atom stereocenters. The van der Waals surface area contributed by atoms with Crippen LogP contribution in [0.4, 0.5) is 0 Å². The number of hydrogen-bond donors (Lipinski definition) is 0. The van der Waals surface area contributed by atoms with Crippen LogP contribution in [0, 0.1) is 20.8 Å². The third-order valence-electron chi connectivity index (χ3n) is 19.1. The number of likely N-dealkylation sites (N-methyl/N-ethyl adjacent to an activating group) is 6. The summed E-state index contributed by atoms with van der Waals surface area (Å²) in [5, 5.41) is 0. The van der Waals surface area contributed by atoms with Crippen LogP contribution in [0.3, 0.4) is 0 Å². The lowest BCUT2D eigenvalue weighted by Crippen LogP contribution is -2.37. The van der Waals surface area contributed by atoms with Gasteiger partial charge in [-0.2, -0.15) is 0 Å². The molecule has 508 valence electrons. The molecule has 1 aliphatic rings. The van der Waals surface area contributed by atoms with E-state index in [1.165, 1.54) is 128 Å². The van der Waals surface area contributed by atoms with Crippen molar-refractivity contribution in [3.63, 3.8) is 0 Å². The average molecular weight is 1240 g/mol. The molecule has 1 aliphatic carbocycles. The van der Waals surface area contributed by atoms with Crippen LogP contribution in [0.2, 0.25) is 0 Å². The van der Waals surface area contributed by atoms with Gasteiger partial charge in [0.15, 0.2) is 0 Å². The van der Waals surface area contributed by atoms with Gasteiger partial charge in [0.2, 0.25) is 0 Å². The predicted molar refractivity (Wildman–Crippen MR) is 406 cm³/mol. The maximum absolute atomic E-state index is 2.34. The minimum Gasteiger partial charge on any atom is -0.309 e. The lowest BCUT2D eigenvalue weighted by atomic mass is 9.73. The molecule has 0 spiro atoms. The molecule has 0 bridgehead atoms. The minimum absolute atomic E-state index is 0.233. The molecule has 0 heterocycles. The van der Waals surface area contributed by atoms with Gasteiger partial charge in [0, 0.05) is 71.8 Å². The third-order valence-corrected chi connectivity index (χ3v) is 19.1. The standard InChI is InChI=1S/C16H27N.C15H23N.C15H25N.C14H23N.C13H21N.C12H19N/c1-5-12-16(13-6-2,14-17(3)4)15-10-8-7-9-11-15;1-13-6-8-14(9-7-13)15(12-16(2)3)10-4-5-11-15;1-6-15(7-2,12-16(4)5)14-10-8-13(3)9-11-14;1-5-14(6-2,12-15(3)4)13-10-8-7-9-11-13;1-11-6-8-12(9-7-11)13(2,3)10-14(4)5;1-12(2,10-13(3)4)11-8-6-5-7-9-11/h7-11H,5-6,12-14H2,1-4H3;6-9H,4-5,10-12H2,1-3H3;8-11H,6-7,12H2,1-5H3;7-11H,5-6,12H2,1-4H3;6-9H,10H2,1-5H3;5-9H,10H2,1-4H3. The van der Waals surface area contributed by atoms with Gasteiger partial charge in [-0.15, -0.1) is 0 Å². The van der Waals surface area contributed by atoms with Crippen molar-refractivity contribution in [2.75, 3.05) is 124 Å². The number of hydrogen-bond acceptors (Lipinski definition) is 6. The molecular formula is C85H138N6. The van der Waals surface area contributed by atoms with E-state index in [1.54, 1.807) is 5.56 Å². The summed E-state index contributed by atoms with van der Waals surface area (Å²) >= 11 is 0. The lowest BCUT2D eigenvalue weighted by Gasteiger charge is -2.37.